The minimum atomic E-state index is 0.864. The lowest BCUT2D eigenvalue weighted by Crippen LogP contribution is -2.12. The van der Waals surface area contributed by atoms with Gasteiger partial charge in [-0.3, -0.25) is 0 Å². The number of nitrogens with zero attached hydrogens (tertiary/aromatic N) is 1. The molecule has 48 heavy (non-hydrogen) atoms. The Morgan fingerprint density at radius 1 is 0.333 bits per heavy atom. The summed E-state index contributed by atoms with van der Waals surface area (Å²) in [6.07, 6.45) is 0. The molecule has 8 aromatic rings. The number of hydrogen-bond acceptors (Lipinski definition) is 2. The summed E-state index contributed by atoms with van der Waals surface area (Å²) in [5, 5.41) is 2.32. The molecule has 0 N–H and O–H groups in total. The van der Waals surface area contributed by atoms with Crippen molar-refractivity contribution >= 4 is 27.8 Å². The average molecular weight is 614 g/mol. The van der Waals surface area contributed by atoms with E-state index in [1.54, 1.807) is 0 Å². The SMILES string of the molecule is c1ccc(-c2ccc(N(c3ccc(-c4ccccc4)cc3)c3ccc4c(c3-c3ccccc3)-c3cccc5cccc(c35)O4)cc2)cc1. The number of anilines is 3. The summed E-state index contributed by atoms with van der Waals surface area (Å²) in [7, 11) is 0. The van der Waals surface area contributed by atoms with Crippen LogP contribution in [0.4, 0.5) is 17.1 Å². The maximum Gasteiger partial charge on any atom is 0.136 e. The number of fused-ring (bicyclic) bond motifs is 2. The Morgan fingerprint density at radius 3 is 1.40 bits per heavy atom. The van der Waals surface area contributed by atoms with Gasteiger partial charge in [0.25, 0.3) is 0 Å². The van der Waals surface area contributed by atoms with Crippen molar-refractivity contribution < 1.29 is 4.74 Å². The molecule has 9 rings (SSSR count). The molecule has 0 atom stereocenters. The molecule has 0 spiro atoms. The third-order valence-corrected chi connectivity index (χ3v) is 9.27. The highest BCUT2D eigenvalue weighted by Gasteiger charge is 2.28. The van der Waals surface area contributed by atoms with Gasteiger partial charge in [0, 0.05) is 27.9 Å². The number of hydrogen-bond donors (Lipinski definition) is 0. The van der Waals surface area contributed by atoms with E-state index in [2.05, 4.69) is 193 Å². The Kier molecular flexibility index (Phi) is 6.84. The minimum Gasteiger partial charge on any atom is -0.456 e. The van der Waals surface area contributed by atoms with E-state index in [1.807, 2.05) is 0 Å². The number of rotatable bonds is 6. The Balaban J connectivity index is 1.29. The van der Waals surface area contributed by atoms with Gasteiger partial charge in [0.1, 0.15) is 11.5 Å². The van der Waals surface area contributed by atoms with E-state index in [1.165, 1.54) is 33.2 Å². The van der Waals surface area contributed by atoms with Gasteiger partial charge >= 0.3 is 0 Å². The molecule has 0 radical (unpaired) electrons. The van der Waals surface area contributed by atoms with Crippen molar-refractivity contribution in [2.24, 2.45) is 0 Å². The van der Waals surface area contributed by atoms with Gasteiger partial charge in [-0.05, 0) is 81.2 Å². The molecule has 0 aliphatic carbocycles. The van der Waals surface area contributed by atoms with E-state index < -0.39 is 0 Å². The topological polar surface area (TPSA) is 12.5 Å². The van der Waals surface area contributed by atoms with Crippen LogP contribution in [0.25, 0.3) is 55.3 Å². The Hall–Kier alpha value is -6.38. The van der Waals surface area contributed by atoms with Gasteiger partial charge in [0.05, 0.1) is 5.69 Å². The predicted molar refractivity (Wildman–Crippen MR) is 200 cm³/mol. The summed E-state index contributed by atoms with van der Waals surface area (Å²) < 4.78 is 6.67. The van der Waals surface area contributed by atoms with Crippen LogP contribution < -0.4 is 9.64 Å². The fourth-order valence-corrected chi connectivity index (χ4v) is 7.02. The van der Waals surface area contributed by atoms with E-state index in [0.717, 1.165) is 50.6 Å². The fraction of sp³-hybridized carbons (Fsp3) is 0. The van der Waals surface area contributed by atoms with Crippen LogP contribution in [-0.4, -0.2) is 0 Å². The molecule has 0 amide bonds. The molecule has 0 unspecified atom stereocenters. The van der Waals surface area contributed by atoms with Crippen LogP contribution in [-0.2, 0) is 0 Å². The zero-order valence-corrected chi connectivity index (χ0v) is 26.3. The van der Waals surface area contributed by atoms with Crippen LogP contribution in [0.3, 0.4) is 0 Å². The Labute approximate surface area is 280 Å². The third-order valence-electron chi connectivity index (χ3n) is 9.27. The highest BCUT2D eigenvalue weighted by atomic mass is 16.5. The lowest BCUT2D eigenvalue weighted by atomic mass is 9.87. The first-order valence-electron chi connectivity index (χ1n) is 16.4. The van der Waals surface area contributed by atoms with Crippen LogP contribution in [0.1, 0.15) is 0 Å². The first-order chi connectivity index (χ1) is 23.8. The predicted octanol–water partition coefficient (Wildman–Crippen LogP) is 13.1. The van der Waals surface area contributed by atoms with Crippen molar-refractivity contribution in [1.29, 1.82) is 0 Å². The lowest BCUT2D eigenvalue weighted by molar-refractivity contribution is 0.487. The van der Waals surface area contributed by atoms with Gasteiger partial charge in [-0.25, -0.2) is 0 Å². The normalized spacial score (nSPS) is 11.5. The van der Waals surface area contributed by atoms with Crippen LogP contribution in [0, 0.1) is 0 Å². The van der Waals surface area contributed by atoms with Crippen molar-refractivity contribution in [3.05, 3.63) is 188 Å². The van der Waals surface area contributed by atoms with Gasteiger partial charge < -0.3 is 9.64 Å². The fourth-order valence-electron chi connectivity index (χ4n) is 7.02. The molecule has 2 heteroatoms. The van der Waals surface area contributed by atoms with Crippen molar-refractivity contribution in [2.75, 3.05) is 4.90 Å². The summed E-state index contributed by atoms with van der Waals surface area (Å²) in [6, 6.07) is 66.8. The molecule has 2 nitrogen and oxygen atoms in total. The zero-order valence-electron chi connectivity index (χ0n) is 26.3. The zero-order chi connectivity index (χ0) is 31.9. The lowest BCUT2D eigenvalue weighted by Gasteiger charge is -2.31. The summed E-state index contributed by atoms with van der Waals surface area (Å²) >= 11 is 0. The van der Waals surface area contributed by atoms with Gasteiger partial charge in [-0.15, -0.1) is 0 Å². The quantitative estimate of drug-likeness (QED) is 0.185. The van der Waals surface area contributed by atoms with E-state index >= 15 is 0 Å². The molecule has 1 heterocycles. The van der Waals surface area contributed by atoms with E-state index in [-0.39, 0.29) is 0 Å². The van der Waals surface area contributed by atoms with Crippen LogP contribution in [0.2, 0.25) is 0 Å². The summed E-state index contributed by atoms with van der Waals surface area (Å²) in [5.74, 6) is 1.76. The molecular weight excluding hydrogens is 583 g/mol. The van der Waals surface area contributed by atoms with Gasteiger partial charge in [0.2, 0.25) is 0 Å². The van der Waals surface area contributed by atoms with Crippen LogP contribution >= 0.6 is 0 Å². The molecule has 226 valence electrons. The molecule has 0 bridgehead atoms. The second-order valence-electron chi connectivity index (χ2n) is 12.1. The van der Waals surface area contributed by atoms with Crippen molar-refractivity contribution in [2.45, 2.75) is 0 Å². The van der Waals surface area contributed by atoms with Crippen molar-refractivity contribution in [1.82, 2.24) is 0 Å². The van der Waals surface area contributed by atoms with E-state index in [4.69, 9.17) is 4.74 Å². The maximum absolute atomic E-state index is 6.67. The second kappa shape index (κ2) is 11.8. The standard InChI is InChI=1S/C46H31NO/c1-4-12-32(13-5-1)34-22-26-38(27-23-34)47(39-28-24-35(25-29-39)33-14-6-2-7-15-33)41-30-31-43-46(45(41)37-16-8-3-9-17-37)40-20-10-18-36-19-11-21-42(48-43)44(36)40/h1-31H. The molecule has 0 saturated carbocycles. The first kappa shape index (κ1) is 27.9. The summed E-state index contributed by atoms with van der Waals surface area (Å²) in [6.45, 7) is 0. The molecular formula is C46H31NO. The highest BCUT2D eigenvalue weighted by Crippen LogP contribution is 2.54. The molecule has 0 aromatic heterocycles. The third kappa shape index (κ3) is 4.83. The maximum atomic E-state index is 6.67. The molecule has 0 fully saturated rings. The Bertz CT molecular complexity index is 2290. The largest absolute Gasteiger partial charge is 0.456 e. The van der Waals surface area contributed by atoms with E-state index in [9.17, 15) is 0 Å². The molecule has 0 saturated heterocycles. The van der Waals surface area contributed by atoms with Crippen LogP contribution in [0.5, 0.6) is 11.5 Å². The summed E-state index contributed by atoms with van der Waals surface area (Å²) in [5.41, 5.74) is 12.6. The van der Waals surface area contributed by atoms with Gasteiger partial charge in [0.15, 0.2) is 0 Å². The molecule has 1 aliphatic rings. The van der Waals surface area contributed by atoms with E-state index in [0.29, 0.717) is 0 Å². The number of ether oxygens (including phenoxy) is 1. The smallest absolute Gasteiger partial charge is 0.136 e. The Morgan fingerprint density at radius 2 is 0.833 bits per heavy atom. The molecule has 1 aliphatic heterocycles. The number of benzene rings is 8. The highest BCUT2D eigenvalue weighted by molar-refractivity contribution is 6.10. The van der Waals surface area contributed by atoms with Gasteiger partial charge in [-0.1, -0.05) is 146 Å². The first-order valence-corrected chi connectivity index (χ1v) is 16.4. The minimum absolute atomic E-state index is 0.864. The monoisotopic (exact) mass is 613 g/mol. The van der Waals surface area contributed by atoms with Crippen molar-refractivity contribution in [3.8, 4) is 56.0 Å². The second-order valence-corrected chi connectivity index (χ2v) is 12.1. The van der Waals surface area contributed by atoms with Gasteiger partial charge in [-0.2, -0.15) is 0 Å². The summed E-state index contributed by atoms with van der Waals surface area (Å²) in [4.78, 5) is 2.38. The average Bonchev–Trinajstić information content (AvgIpc) is 3.17. The van der Waals surface area contributed by atoms with Crippen molar-refractivity contribution in [3.63, 3.8) is 0 Å². The molecule has 8 aromatic carbocycles. The van der Waals surface area contributed by atoms with Crippen LogP contribution in [0.15, 0.2) is 188 Å².